The highest BCUT2D eigenvalue weighted by molar-refractivity contribution is 5.71. The predicted octanol–water partition coefficient (Wildman–Crippen LogP) is 16.4. The van der Waals surface area contributed by atoms with E-state index < -0.39 is 6.10 Å². The van der Waals surface area contributed by atoms with E-state index in [0.29, 0.717) is 19.3 Å². The van der Waals surface area contributed by atoms with Crippen LogP contribution in [0.1, 0.15) is 279 Å². The van der Waals surface area contributed by atoms with E-state index in [9.17, 15) is 14.4 Å². The molecule has 0 aliphatic rings. The molecule has 0 rings (SSSR count). The van der Waals surface area contributed by atoms with Gasteiger partial charge in [-0.1, -0.05) is 241 Å². The van der Waals surface area contributed by atoms with E-state index in [4.69, 9.17) is 14.2 Å². The largest absolute Gasteiger partial charge is 0.462 e. The molecule has 0 spiro atoms. The number of ether oxygens (including phenoxy) is 3. The Balaban J connectivity index is 4.26. The Morgan fingerprint density at radius 2 is 0.603 bits per heavy atom. The summed E-state index contributed by atoms with van der Waals surface area (Å²) in [5.74, 6) is 1.65. The number of hydrogen-bond donors (Lipinski definition) is 0. The first kappa shape index (κ1) is 56.4. The zero-order chi connectivity index (χ0) is 42.7. The summed E-state index contributed by atoms with van der Waals surface area (Å²) in [4.78, 5) is 37.9. The fraction of sp³-hybridized carbons (Fsp3) is 0.942. The van der Waals surface area contributed by atoms with Gasteiger partial charge in [-0.2, -0.15) is 0 Å². The number of hydrogen-bond acceptors (Lipinski definition) is 6. The summed E-state index contributed by atoms with van der Waals surface area (Å²) in [6.07, 6.45) is 42.3. The van der Waals surface area contributed by atoms with Crippen LogP contribution in [0.15, 0.2) is 0 Å². The number of carbonyl (C=O) groups is 3. The van der Waals surface area contributed by atoms with Gasteiger partial charge in [-0.25, -0.2) is 0 Å². The van der Waals surface area contributed by atoms with Gasteiger partial charge in [0, 0.05) is 19.3 Å². The quantitative estimate of drug-likeness (QED) is 0.0346. The topological polar surface area (TPSA) is 78.9 Å². The van der Waals surface area contributed by atoms with Gasteiger partial charge in [-0.15, -0.1) is 0 Å². The first-order chi connectivity index (χ1) is 28.2. The molecule has 0 aromatic carbocycles. The van der Waals surface area contributed by atoms with Crippen LogP contribution in [0.2, 0.25) is 0 Å². The Morgan fingerprint density at radius 3 is 0.897 bits per heavy atom. The lowest BCUT2D eigenvalue weighted by molar-refractivity contribution is -0.167. The molecule has 0 saturated heterocycles. The Morgan fingerprint density at radius 1 is 0.345 bits per heavy atom. The van der Waals surface area contributed by atoms with Crippen LogP contribution in [0.5, 0.6) is 0 Å². The Hall–Kier alpha value is -1.59. The van der Waals surface area contributed by atoms with Gasteiger partial charge in [0.2, 0.25) is 0 Å². The average molecular weight is 821 g/mol. The van der Waals surface area contributed by atoms with E-state index in [1.807, 2.05) is 0 Å². The maximum absolute atomic E-state index is 12.7. The van der Waals surface area contributed by atoms with E-state index in [2.05, 4.69) is 41.5 Å². The minimum Gasteiger partial charge on any atom is -0.462 e. The molecule has 0 bridgehead atoms. The van der Waals surface area contributed by atoms with Crippen molar-refractivity contribution in [2.75, 3.05) is 13.2 Å². The van der Waals surface area contributed by atoms with Gasteiger partial charge in [0.25, 0.3) is 0 Å². The number of rotatable bonds is 45. The minimum absolute atomic E-state index is 0.0658. The summed E-state index contributed by atoms with van der Waals surface area (Å²) >= 11 is 0. The molecule has 344 valence electrons. The molecule has 6 heteroatoms. The third kappa shape index (κ3) is 42.5. The third-order valence-electron chi connectivity index (χ3n) is 12.4. The van der Waals surface area contributed by atoms with E-state index in [-0.39, 0.29) is 31.1 Å². The van der Waals surface area contributed by atoms with Crippen molar-refractivity contribution in [1.82, 2.24) is 0 Å². The lowest BCUT2D eigenvalue weighted by Gasteiger charge is -2.18. The fourth-order valence-corrected chi connectivity index (χ4v) is 7.70. The molecule has 0 aliphatic carbocycles. The maximum Gasteiger partial charge on any atom is 0.306 e. The van der Waals surface area contributed by atoms with Crippen LogP contribution < -0.4 is 0 Å². The van der Waals surface area contributed by atoms with Gasteiger partial charge in [0.1, 0.15) is 13.2 Å². The van der Waals surface area contributed by atoms with Crippen LogP contribution in [-0.2, 0) is 28.6 Å². The monoisotopic (exact) mass is 821 g/mol. The second-order valence-corrected chi connectivity index (χ2v) is 18.8. The van der Waals surface area contributed by atoms with Crippen molar-refractivity contribution in [2.45, 2.75) is 285 Å². The van der Waals surface area contributed by atoms with Crippen molar-refractivity contribution >= 4 is 17.9 Å². The van der Waals surface area contributed by atoms with Crippen molar-refractivity contribution in [2.24, 2.45) is 17.8 Å². The summed E-state index contributed by atoms with van der Waals surface area (Å²) in [7, 11) is 0. The van der Waals surface area contributed by atoms with Crippen molar-refractivity contribution < 1.29 is 28.6 Å². The molecular formula is C52H100O6. The molecular weight excluding hydrogens is 721 g/mol. The lowest BCUT2D eigenvalue weighted by Crippen LogP contribution is -2.30. The highest BCUT2D eigenvalue weighted by Crippen LogP contribution is 2.18. The predicted molar refractivity (Wildman–Crippen MR) is 247 cm³/mol. The molecule has 3 atom stereocenters. The Kier molecular flexibility index (Phi) is 42.3. The number of unbranched alkanes of at least 4 members (excludes halogenated alkanes) is 26. The Labute approximate surface area is 361 Å². The van der Waals surface area contributed by atoms with Crippen LogP contribution in [-0.4, -0.2) is 37.2 Å². The summed E-state index contributed by atoms with van der Waals surface area (Å²) < 4.78 is 16.8. The minimum atomic E-state index is -0.763. The standard InChI is InChI=1S/C52H100O6/c1-7-47(5)39-33-27-21-18-19-23-30-36-42-51(54)57-45-49(58-52(55)43-37-31-25-24-28-34-40-48(6)8-2)44-56-50(53)41-35-29-22-17-15-13-11-9-10-12-14-16-20-26-32-38-46(3)4/h46-49H,7-45H2,1-6H3/t47?,48?,49-/m0/s1. The molecule has 0 radical (unpaired) electrons. The fourth-order valence-electron chi connectivity index (χ4n) is 7.70. The number of esters is 3. The zero-order valence-corrected chi connectivity index (χ0v) is 39.8. The smallest absolute Gasteiger partial charge is 0.306 e. The first-order valence-electron chi connectivity index (χ1n) is 25.7. The summed E-state index contributed by atoms with van der Waals surface area (Å²) in [5, 5.41) is 0. The Bertz CT molecular complexity index is 902. The summed E-state index contributed by atoms with van der Waals surface area (Å²) in [6, 6.07) is 0. The molecule has 0 aliphatic heterocycles. The molecule has 6 nitrogen and oxygen atoms in total. The van der Waals surface area contributed by atoms with E-state index >= 15 is 0 Å². The van der Waals surface area contributed by atoms with Gasteiger partial charge in [0.05, 0.1) is 0 Å². The van der Waals surface area contributed by atoms with Gasteiger partial charge in [-0.3, -0.25) is 14.4 Å². The van der Waals surface area contributed by atoms with Crippen molar-refractivity contribution in [1.29, 1.82) is 0 Å². The van der Waals surface area contributed by atoms with Crippen LogP contribution >= 0.6 is 0 Å². The highest BCUT2D eigenvalue weighted by atomic mass is 16.6. The van der Waals surface area contributed by atoms with Gasteiger partial charge in [0.15, 0.2) is 6.10 Å². The summed E-state index contributed by atoms with van der Waals surface area (Å²) in [5.41, 5.74) is 0. The molecule has 0 amide bonds. The van der Waals surface area contributed by atoms with Crippen molar-refractivity contribution in [3.05, 3.63) is 0 Å². The molecule has 0 heterocycles. The van der Waals surface area contributed by atoms with Crippen molar-refractivity contribution in [3.63, 3.8) is 0 Å². The van der Waals surface area contributed by atoms with Crippen LogP contribution in [0.4, 0.5) is 0 Å². The maximum atomic E-state index is 12.7. The first-order valence-corrected chi connectivity index (χ1v) is 25.7. The van der Waals surface area contributed by atoms with Crippen LogP contribution in [0.3, 0.4) is 0 Å². The van der Waals surface area contributed by atoms with Crippen LogP contribution in [0, 0.1) is 17.8 Å². The van der Waals surface area contributed by atoms with Crippen LogP contribution in [0.25, 0.3) is 0 Å². The summed E-state index contributed by atoms with van der Waals surface area (Å²) in [6.45, 7) is 13.7. The molecule has 0 fully saturated rings. The molecule has 0 aromatic heterocycles. The molecule has 0 N–H and O–H groups in total. The molecule has 0 saturated carbocycles. The molecule has 2 unspecified atom stereocenters. The van der Waals surface area contributed by atoms with E-state index in [1.165, 1.54) is 161 Å². The average Bonchev–Trinajstić information content (AvgIpc) is 3.21. The number of carbonyl (C=O) groups excluding carboxylic acids is 3. The molecule has 58 heavy (non-hydrogen) atoms. The second kappa shape index (κ2) is 43.5. The lowest BCUT2D eigenvalue weighted by atomic mass is 9.99. The normalized spacial score (nSPS) is 13.1. The molecule has 0 aromatic rings. The second-order valence-electron chi connectivity index (χ2n) is 18.8. The van der Waals surface area contributed by atoms with Gasteiger partial charge >= 0.3 is 17.9 Å². The van der Waals surface area contributed by atoms with Gasteiger partial charge in [-0.05, 0) is 37.0 Å². The van der Waals surface area contributed by atoms with E-state index in [0.717, 1.165) is 75.5 Å². The van der Waals surface area contributed by atoms with Gasteiger partial charge < -0.3 is 14.2 Å². The third-order valence-corrected chi connectivity index (χ3v) is 12.4. The van der Waals surface area contributed by atoms with E-state index in [1.54, 1.807) is 0 Å². The SMILES string of the molecule is CCC(C)CCCCCCCCCCC(=O)OC[C@H](COC(=O)CCCCCCCCCCCCCCCCCC(C)C)OC(=O)CCCCCCCCC(C)CC. The highest BCUT2D eigenvalue weighted by Gasteiger charge is 2.19. The van der Waals surface area contributed by atoms with Crippen molar-refractivity contribution in [3.8, 4) is 0 Å². The zero-order valence-electron chi connectivity index (χ0n) is 39.8.